The smallest absolute Gasteiger partial charge is 0.412 e. The summed E-state index contributed by atoms with van der Waals surface area (Å²) in [7, 11) is -3.54. The van der Waals surface area contributed by atoms with Crippen LogP contribution in [0.2, 0.25) is 0 Å². The van der Waals surface area contributed by atoms with Gasteiger partial charge in [-0.1, -0.05) is 0 Å². The van der Waals surface area contributed by atoms with E-state index in [4.69, 9.17) is 4.74 Å². The van der Waals surface area contributed by atoms with E-state index in [1.165, 1.54) is 13.8 Å². The summed E-state index contributed by atoms with van der Waals surface area (Å²) in [5, 5.41) is 0. The predicted octanol–water partition coefficient (Wildman–Crippen LogP) is 0.956. The molecule has 0 saturated carbocycles. The molecule has 1 aliphatic heterocycles. The van der Waals surface area contributed by atoms with Gasteiger partial charge in [-0.15, -0.1) is 0 Å². The lowest BCUT2D eigenvalue weighted by Gasteiger charge is -2.33. The third-order valence-corrected chi connectivity index (χ3v) is 5.31. The number of rotatable bonds is 1. The van der Waals surface area contributed by atoms with Crippen LogP contribution in [0, 0.1) is 0 Å². The second-order valence-electron chi connectivity index (χ2n) is 5.78. The summed E-state index contributed by atoms with van der Waals surface area (Å²) in [4.78, 5) is 22.5. The number of sulfone groups is 1. The molecule has 1 atom stereocenters. The third-order valence-electron chi connectivity index (χ3n) is 2.81. The van der Waals surface area contributed by atoms with Gasteiger partial charge in [0.05, 0.1) is 5.75 Å². The van der Waals surface area contributed by atoms with Crippen LogP contribution in [0.4, 0.5) is 4.79 Å². The molecule has 0 N–H and O–H groups in total. The van der Waals surface area contributed by atoms with Gasteiger partial charge in [-0.3, -0.25) is 4.90 Å². The van der Waals surface area contributed by atoms with Gasteiger partial charge in [0.25, 0.3) is 0 Å². The molecule has 104 valence electrons. The predicted molar refractivity (Wildman–Crippen MR) is 65.8 cm³/mol. The Morgan fingerprint density at radius 2 is 1.89 bits per heavy atom. The molecule has 0 aromatic rings. The first-order valence-corrected chi connectivity index (χ1v) is 7.27. The SMILES string of the molecule is CC(C)(C)OC(=O)N1[C@H](C=O)CS(=O)(=O)C1(C)C. The molecule has 1 heterocycles. The fraction of sp³-hybridized carbons (Fsp3) is 0.818. The van der Waals surface area contributed by atoms with Crippen LogP contribution in [0.15, 0.2) is 0 Å². The molecule has 1 saturated heterocycles. The molecule has 1 rings (SSSR count). The lowest BCUT2D eigenvalue weighted by Crippen LogP contribution is -2.51. The van der Waals surface area contributed by atoms with Crippen molar-refractivity contribution >= 4 is 22.2 Å². The van der Waals surface area contributed by atoms with Crippen molar-refractivity contribution in [3.63, 3.8) is 0 Å². The molecule has 0 unspecified atom stereocenters. The van der Waals surface area contributed by atoms with Crippen LogP contribution in [0.1, 0.15) is 34.6 Å². The molecular weight excluding hydrogens is 258 g/mol. The highest BCUT2D eigenvalue weighted by Gasteiger charge is 2.55. The zero-order valence-corrected chi connectivity index (χ0v) is 12.1. The first kappa shape index (κ1) is 14.9. The number of aldehydes is 1. The Balaban J connectivity index is 3.13. The van der Waals surface area contributed by atoms with Gasteiger partial charge in [0.1, 0.15) is 22.8 Å². The molecule has 0 bridgehead atoms. The van der Waals surface area contributed by atoms with Gasteiger partial charge in [-0.05, 0) is 34.6 Å². The minimum Gasteiger partial charge on any atom is -0.444 e. The maximum absolute atomic E-state index is 12.0. The van der Waals surface area contributed by atoms with Gasteiger partial charge in [0.15, 0.2) is 9.84 Å². The number of hydrogen-bond acceptors (Lipinski definition) is 5. The molecular formula is C11H19NO5S. The Bertz CT molecular complexity index is 460. The van der Waals surface area contributed by atoms with E-state index in [-0.39, 0.29) is 5.75 Å². The Morgan fingerprint density at radius 3 is 2.28 bits per heavy atom. The second-order valence-corrected chi connectivity index (χ2v) is 8.34. The van der Waals surface area contributed by atoms with E-state index in [9.17, 15) is 18.0 Å². The molecule has 0 aliphatic carbocycles. The summed E-state index contributed by atoms with van der Waals surface area (Å²) < 4.78 is 29.0. The van der Waals surface area contributed by atoms with Gasteiger partial charge in [-0.25, -0.2) is 13.2 Å². The number of ether oxygens (including phenoxy) is 1. The minimum atomic E-state index is -3.54. The highest BCUT2D eigenvalue weighted by Crippen LogP contribution is 2.34. The summed E-state index contributed by atoms with van der Waals surface area (Å²) in [6.07, 6.45) is -0.318. The van der Waals surface area contributed by atoms with Crippen molar-refractivity contribution < 1.29 is 22.7 Å². The first-order valence-electron chi connectivity index (χ1n) is 5.62. The molecule has 0 aromatic carbocycles. The molecule has 1 aliphatic rings. The van der Waals surface area contributed by atoms with Crippen molar-refractivity contribution in [1.82, 2.24) is 4.90 Å². The van der Waals surface area contributed by atoms with Crippen LogP contribution in [-0.2, 0) is 19.4 Å². The number of carbonyl (C=O) groups excluding carboxylic acids is 2. The van der Waals surface area contributed by atoms with Gasteiger partial charge in [0, 0.05) is 0 Å². The molecule has 6 nitrogen and oxygen atoms in total. The first-order chi connectivity index (χ1) is 7.92. The van der Waals surface area contributed by atoms with Crippen molar-refractivity contribution in [3.05, 3.63) is 0 Å². The summed E-state index contributed by atoms with van der Waals surface area (Å²) in [5.74, 6) is -0.358. The van der Waals surface area contributed by atoms with E-state index in [0.29, 0.717) is 6.29 Å². The fourth-order valence-electron chi connectivity index (χ4n) is 1.82. The summed E-state index contributed by atoms with van der Waals surface area (Å²) in [6, 6.07) is -0.986. The molecule has 0 spiro atoms. The molecule has 18 heavy (non-hydrogen) atoms. The minimum absolute atomic E-state index is 0.358. The average Bonchev–Trinajstić information content (AvgIpc) is 2.29. The average molecular weight is 277 g/mol. The van der Waals surface area contributed by atoms with Crippen LogP contribution in [0.3, 0.4) is 0 Å². The Hall–Kier alpha value is -1.11. The van der Waals surface area contributed by atoms with Crippen LogP contribution < -0.4 is 0 Å². The third kappa shape index (κ3) is 2.50. The quantitative estimate of drug-likeness (QED) is 0.667. The number of nitrogens with zero attached hydrogens (tertiary/aromatic N) is 1. The van der Waals surface area contributed by atoms with Crippen LogP contribution in [0.5, 0.6) is 0 Å². The monoisotopic (exact) mass is 277 g/mol. The highest BCUT2D eigenvalue weighted by atomic mass is 32.2. The normalized spacial score (nSPS) is 25.8. The summed E-state index contributed by atoms with van der Waals surface area (Å²) in [5.41, 5.74) is -0.743. The Morgan fingerprint density at radius 1 is 1.39 bits per heavy atom. The van der Waals surface area contributed by atoms with E-state index < -0.39 is 32.4 Å². The van der Waals surface area contributed by atoms with Gasteiger partial charge < -0.3 is 9.53 Å². The summed E-state index contributed by atoms with van der Waals surface area (Å²) in [6.45, 7) is 7.83. The van der Waals surface area contributed by atoms with Gasteiger partial charge in [0.2, 0.25) is 0 Å². The topological polar surface area (TPSA) is 80.8 Å². The highest BCUT2D eigenvalue weighted by molar-refractivity contribution is 7.93. The number of carbonyl (C=O) groups is 2. The molecule has 1 amide bonds. The Labute approximate surface area is 107 Å². The van der Waals surface area contributed by atoms with E-state index >= 15 is 0 Å². The van der Waals surface area contributed by atoms with Crippen molar-refractivity contribution in [1.29, 1.82) is 0 Å². The van der Waals surface area contributed by atoms with Gasteiger partial charge in [-0.2, -0.15) is 0 Å². The van der Waals surface area contributed by atoms with E-state index in [2.05, 4.69) is 0 Å². The molecule has 0 aromatic heterocycles. The zero-order valence-electron chi connectivity index (χ0n) is 11.3. The lowest BCUT2D eigenvalue weighted by molar-refractivity contribution is -0.112. The lowest BCUT2D eigenvalue weighted by atomic mass is 10.2. The fourth-order valence-corrected chi connectivity index (χ4v) is 3.41. The van der Waals surface area contributed by atoms with Crippen molar-refractivity contribution in [3.8, 4) is 0 Å². The van der Waals surface area contributed by atoms with E-state index in [1.54, 1.807) is 20.8 Å². The summed E-state index contributed by atoms with van der Waals surface area (Å²) >= 11 is 0. The van der Waals surface area contributed by atoms with Gasteiger partial charge >= 0.3 is 6.09 Å². The largest absolute Gasteiger partial charge is 0.444 e. The van der Waals surface area contributed by atoms with Crippen molar-refractivity contribution in [2.24, 2.45) is 0 Å². The number of hydrogen-bond donors (Lipinski definition) is 0. The standard InChI is InChI=1S/C11H19NO5S/c1-10(2,3)17-9(14)12-8(6-13)7-18(15,16)11(12,4)5/h6,8H,7H2,1-5H3/t8-/m1/s1. The maximum atomic E-state index is 12.0. The van der Waals surface area contributed by atoms with E-state index in [0.717, 1.165) is 4.90 Å². The number of amides is 1. The van der Waals surface area contributed by atoms with Crippen LogP contribution in [-0.4, -0.2) is 48.0 Å². The van der Waals surface area contributed by atoms with Crippen LogP contribution in [0.25, 0.3) is 0 Å². The van der Waals surface area contributed by atoms with E-state index in [1.807, 2.05) is 0 Å². The maximum Gasteiger partial charge on any atom is 0.412 e. The zero-order chi connectivity index (χ0) is 14.4. The van der Waals surface area contributed by atoms with Crippen molar-refractivity contribution in [2.45, 2.75) is 51.1 Å². The van der Waals surface area contributed by atoms with Crippen molar-refractivity contribution in [2.75, 3.05) is 5.75 Å². The Kier molecular flexibility index (Phi) is 3.51. The molecule has 7 heteroatoms. The second kappa shape index (κ2) is 4.22. The molecule has 0 radical (unpaired) electrons. The molecule has 1 fully saturated rings. The van der Waals surface area contributed by atoms with Crippen LogP contribution >= 0.6 is 0 Å².